The van der Waals surface area contributed by atoms with E-state index in [-0.39, 0.29) is 0 Å². The van der Waals surface area contributed by atoms with Gasteiger partial charge in [0, 0.05) is 26.3 Å². The van der Waals surface area contributed by atoms with Gasteiger partial charge in [0.2, 0.25) is 5.88 Å². The third-order valence-electron chi connectivity index (χ3n) is 3.29. The van der Waals surface area contributed by atoms with Gasteiger partial charge < -0.3 is 4.74 Å². The molecule has 106 valence electrons. The van der Waals surface area contributed by atoms with Crippen molar-refractivity contribution in [3.05, 3.63) is 68.6 Å². The maximum absolute atomic E-state index is 5.45. The highest BCUT2D eigenvalue weighted by molar-refractivity contribution is 9.10. The number of halogens is 2. The van der Waals surface area contributed by atoms with E-state index in [1.165, 1.54) is 5.56 Å². The van der Waals surface area contributed by atoms with Crippen LogP contribution in [0.2, 0.25) is 0 Å². The molecule has 0 radical (unpaired) electrons. The lowest BCUT2D eigenvalue weighted by Crippen LogP contribution is -1.97. The standard InChI is InChI=1S/C17H13Br2NO/c1-21-17-13(7-11-3-2-4-14(18)8-11)9-12-10-15(19)5-6-16(12)20-17/h2-6,8-10H,7H2,1H3. The quantitative estimate of drug-likeness (QED) is 0.584. The maximum atomic E-state index is 5.45. The van der Waals surface area contributed by atoms with Gasteiger partial charge in [0.1, 0.15) is 0 Å². The first-order chi connectivity index (χ1) is 10.2. The van der Waals surface area contributed by atoms with Crippen molar-refractivity contribution in [3.63, 3.8) is 0 Å². The second-order valence-electron chi connectivity index (χ2n) is 4.80. The van der Waals surface area contributed by atoms with Gasteiger partial charge >= 0.3 is 0 Å². The molecule has 2 aromatic carbocycles. The van der Waals surface area contributed by atoms with E-state index in [2.05, 4.69) is 61.1 Å². The summed E-state index contributed by atoms with van der Waals surface area (Å²) < 4.78 is 7.58. The Morgan fingerprint density at radius 2 is 1.81 bits per heavy atom. The number of ether oxygens (including phenoxy) is 1. The van der Waals surface area contributed by atoms with Gasteiger partial charge in [-0.1, -0.05) is 44.0 Å². The Labute approximate surface area is 140 Å². The summed E-state index contributed by atoms with van der Waals surface area (Å²) in [5, 5.41) is 1.11. The van der Waals surface area contributed by atoms with Crippen molar-refractivity contribution in [1.29, 1.82) is 0 Å². The first-order valence-electron chi connectivity index (χ1n) is 6.53. The van der Waals surface area contributed by atoms with Crippen LogP contribution in [0.3, 0.4) is 0 Å². The summed E-state index contributed by atoms with van der Waals surface area (Å²) in [6.45, 7) is 0. The average molecular weight is 407 g/mol. The normalized spacial score (nSPS) is 10.8. The summed E-state index contributed by atoms with van der Waals surface area (Å²) in [6, 6.07) is 16.5. The van der Waals surface area contributed by atoms with E-state index < -0.39 is 0 Å². The molecule has 0 fully saturated rings. The highest BCUT2D eigenvalue weighted by Crippen LogP contribution is 2.27. The molecule has 0 saturated carbocycles. The summed E-state index contributed by atoms with van der Waals surface area (Å²) >= 11 is 7.01. The van der Waals surface area contributed by atoms with E-state index in [1.807, 2.05) is 24.3 Å². The first-order valence-corrected chi connectivity index (χ1v) is 8.12. The molecule has 0 amide bonds. The van der Waals surface area contributed by atoms with E-state index in [4.69, 9.17) is 4.74 Å². The minimum absolute atomic E-state index is 0.685. The second kappa shape index (κ2) is 6.16. The summed E-state index contributed by atoms with van der Waals surface area (Å²) in [7, 11) is 1.66. The lowest BCUT2D eigenvalue weighted by atomic mass is 10.0. The van der Waals surface area contributed by atoms with Crippen LogP contribution in [0.1, 0.15) is 11.1 Å². The Kier molecular flexibility index (Phi) is 4.27. The van der Waals surface area contributed by atoms with Crippen molar-refractivity contribution >= 4 is 42.8 Å². The molecule has 0 unspecified atom stereocenters. The molecule has 1 heterocycles. The van der Waals surface area contributed by atoms with Gasteiger partial charge in [-0.3, -0.25) is 0 Å². The van der Waals surface area contributed by atoms with Crippen LogP contribution in [0.15, 0.2) is 57.5 Å². The molecule has 0 bridgehead atoms. The molecule has 4 heteroatoms. The zero-order chi connectivity index (χ0) is 14.8. The fraction of sp³-hybridized carbons (Fsp3) is 0.118. The molecule has 3 rings (SSSR count). The van der Waals surface area contributed by atoms with E-state index in [0.29, 0.717) is 5.88 Å². The number of benzene rings is 2. The molecule has 0 N–H and O–H groups in total. The monoisotopic (exact) mass is 405 g/mol. The summed E-state index contributed by atoms with van der Waals surface area (Å²) in [5.41, 5.74) is 3.24. The third kappa shape index (κ3) is 3.27. The van der Waals surface area contributed by atoms with E-state index in [0.717, 1.165) is 31.8 Å². The molecule has 0 atom stereocenters. The summed E-state index contributed by atoms with van der Waals surface area (Å²) in [5.74, 6) is 0.685. The van der Waals surface area contributed by atoms with Crippen LogP contribution in [0.5, 0.6) is 5.88 Å². The summed E-state index contributed by atoms with van der Waals surface area (Å²) in [6.07, 6.45) is 0.790. The largest absolute Gasteiger partial charge is 0.481 e. The van der Waals surface area contributed by atoms with Gasteiger partial charge in [0.25, 0.3) is 0 Å². The molecule has 0 aliphatic carbocycles. The lowest BCUT2D eigenvalue weighted by Gasteiger charge is -2.10. The zero-order valence-electron chi connectivity index (χ0n) is 11.4. The van der Waals surface area contributed by atoms with E-state index >= 15 is 0 Å². The van der Waals surface area contributed by atoms with Crippen molar-refractivity contribution in [1.82, 2.24) is 4.98 Å². The van der Waals surface area contributed by atoms with Crippen LogP contribution in [0.4, 0.5) is 0 Å². The van der Waals surface area contributed by atoms with Gasteiger partial charge in [0.15, 0.2) is 0 Å². The third-order valence-corrected chi connectivity index (χ3v) is 4.28. The van der Waals surface area contributed by atoms with Crippen LogP contribution in [0, 0.1) is 0 Å². The Morgan fingerprint density at radius 3 is 2.57 bits per heavy atom. The smallest absolute Gasteiger partial charge is 0.217 e. The van der Waals surface area contributed by atoms with Crippen LogP contribution >= 0.6 is 31.9 Å². The SMILES string of the molecule is COc1nc2ccc(Br)cc2cc1Cc1cccc(Br)c1. The number of methoxy groups -OCH3 is 1. The number of nitrogens with zero attached hydrogens (tertiary/aromatic N) is 1. The molecule has 0 aliphatic heterocycles. The molecule has 21 heavy (non-hydrogen) atoms. The maximum Gasteiger partial charge on any atom is 0.217 e. The fourth-order valence-electron chi connectivity index (χ4n) is 2.34. The van der Waals surface area contributed by atoms with Crippen LogP contribution in [-0.4, -0.2) is 12.1 Å². The van der Waals surface area contributed by atoms with Gasteiger partial charge in [-0.2, -0.15) is 0 Å². The highest BCUT2D eigenvalue weighted by atomic mass is 79.9. The van der Waals surface area contributed by atoms with Gasteiger partial charge in [0.05, 0.1) is 12.6 Å². The van der Waals surface area contributed by atoms with Crippen molar-refractivity contribution in [2.45, 2.75) is 6.42 Å². The molecular weight excluding hydrogens is 394 g/mol. The zero-order valence-corrected chi connectivity index (χ0v) is 14.6. The van der Waals surface area contributed by atoms with Gasteiger partial charge in [-0.25, -0.2) is 4.98 Å². The van der Waals surface area contributed by atoms with Crippen molar-refractivity contribution < 1.29 is 4.74 Å². The van der Waals surface area contributed by atoms with Crippen molar-refractivity contribution in [2.75, 3.05) is 7.11 Å². The number of hydrogen-bond donors (Lipinski definition) is 0. The predicted octanol–water partition coefficient (Wildman–Crippen LogP) is 5.36. The Hall–Kier alpha value is -1.39. The molecule has 0 spiro atoms. The van der Waals surface area contributed by atoms with Crippen molar-refractivity contribution in [2.24, 2.45) is 0 Å². The van der Waals surface area contributed by atoms with E-state index in [9.17, 15) is 0 Å². The number of aromatic nitrogens is 1. The molecule has 0 saturated heterocycles. The number of rotatable bonds is 3. The van der Waals surface area contributed by atoms with E-state index in [1.54, 1.807) is 7.11 Å². The second-order valence-corrected chi connectivity index (χ2v) is 6.63. The fourth-order valence-corrected chi connectivity index (χ4v) is 3.17. The van der Waals surface area contributed by atoms with Gasteiger partial charge in [-0.15, -0.1) is 0 Å². The number of pyridine rings is 1. The van der Waals surface area contributed by atoms with Crippen LogP contribution in [-0.2, 0) is 6.42 Å². The molecule has 2 nitrogen and oxygen atoms in total. The highest BCUT2D eigenvalue weighted by Gasteiger charge is 2.09. The number of hydrogen-bond acceptors (Lipinski definition) is 2. The van der Waals surface area contributed by atoms with Gasteiger partial charge in [-0.05, 0) is 42.0 Å². The van der Waals surface area contributed by atoms with Crippen LogP contribution in [0.25, 0.3) is 10.9 Å². The molecular formula is C17H13Br2NO. The molecule has 3 aromatic rings. The summed E-state index contributed by atoms with van der Waals surface area (Å²) in [4.78, 5) is 4.60. The minimum atomic E-state index is 0.685. The average Bonchev–Trinajstić information content (AvgIpc) is 2.46. The Balaban J connectivity index is 2.07. The molecule has 0 aliphatic rings. The first kappa shape index (κ1) is 14.5. The molecule has 1 aromatic heterocycles. The Morgan fingerprint density at radius 1 is 1.00 bits per heavy atom. The lowest BCUT2D eigenvalue weighted by molar-refractivity contribution is 0.395. The topological polar surface area (TPSA) is 22.1 Å². The number of fused-ring (bicyclic) bond motifs is 1. The Bertz CT molecular complexity index is 802. The minimum Gasteiger partial charge on any atom is -0.481 e. The van der Waals surface area contributed by atoms with Crippen molar-refractivity contribution in [3.8, 4) is 5.88 Å². The predicted molar refractivity (Wildman–Crippen MR) is 92.9 cm³/mol. The van der Waals surface area contributed by atoms with Crippen LogP contribution < -0.4 is 4.74 Å².